The summed E-state index contributed by atoms with van der Waals surface area (Å²) in [4.78, 5) is 17.1. The Kier molecular flexibility index (Phi) is 4.38. The maximum Gasteiger partial charge on any atom is 0.335 e. The van der Waals surface area contributed by atoms with Gasteiger partial charge in [-0.3, -0.25) is 0 Å². The van der Waals surface area contributed by atoms with E-state index in [0.29, 0.717) is 5.90 Å². The fourth-order valence-corrected chi connectivity index (χ4v) is 2.56. The zero-order valence-electron chi connectivity index (χ0n) is 14.1. The van der Waals surface area contributed by atoms with E-state index in [-0.39, 0.29) is 5.97 Å². The summed E-state index contributed by atoms with van der Waals surface area (Å²) in [6, 6.07) is 18.5. The van der Waals surface area contributed by atoms with Gasteiger partial charge in [0.2, 0.25) is 5.90 Å². The van der Waals surface area contributed by atoms with Gasteiger partial charge in [0.25, 0.3) is 0 Å². The van der Waals surface area contributed by atoms with Crippen molar-refractivity contribution in [3.05, 3.63) is 71.8 Å². The number of benzene rings is 2. The molecule has 1 aliphatic rings. The Morgan fingerprint density at radius 3 is 2.17 bits per heavy atom. The lowest BCUT2D eigenvalue weighted by Gasteiger charge is -2.23. The Morgan fingerprint density at radius 1 is 1.00 bits per heavy atom. The molecule has 2 aromatic carbocycles. The summed E-state index contributed by atoms with van der Waals surface area (Å²) in [5.41, 5.74) is 1.19. The van der Waals surface area contributed by atoms with Crippen LogP contribution in [0.25, 0.3) is 0 Å². The summed E-state index contributed by atoms with van der Waals surface area (Å²) in [6.07, 6.45) is -0.476. The van der Waals surface area contributed by atoms with Gasteiger partial charge in [0.1, 0.15) is 5.60 Å². The Morgan fingerprint density at radius 2 is 1.58 bits per heavy atom. The van der Waals surface area contributed by atoms with Crippen molar-refractivity contribution in [1.82, 2.24) is 0 Å². The molecule has 124 valence electrons. The van der Waals surface area contributed by atoms with Crippen LogP contribution in [0.3, 0.4) is 0 Å². The smallest absolute Gasteiger partial charge is 0.335 e. The number of rotatable bonds is 3. The SMILES string of the molecule is CC(C)(C)OC(=O)[C@H]1N=C(c2ccccc2)O[C@H]1c1ccccc1. The Balaban J connectivity index is 1.93. The molecule has 0 radical (unpaired) electrons. The van der Waals surface area contributed by atoms with Gasteiger partial charge in [-0.25, -0.2) is 9.79 Å². The summed E-state index contributed by atoms with van der Waals surface area (Å²) in [6.45, 7) is 5.54. The normalized spacial score (nSPS) is 20.2. The second-order valence-corrected chi connectivity index (χ2v) is 6.73. The molecule has 0 aromatic heterocycles. The molecule has 0 fully saturated rings. The zero-order chi connectivity index (χ0) is 17.2. The average Bonchev–Trinajstić information content (AvgIpc) is 3.00. The van der Waals surface area contributed by atoms with Gasteiger partial charge in [-0.2, -0.15) is 0 Å². The third-order valence-electron chi connectivity index (χ3n) is 3.58. The van der Waals surface area contributed by atoms with Crippen molar-refractivity contribution in [1.29, 1.82) is 0 Å². The number of nitrogens with zero attached hydrogens (tertiary/aromatic N) is 1. The quantitative estimate of drug-likeness (QED) is 0.805. The average molecular weight is 323 g/mol. The van der Waals surface area contributed by atoms with E-state index in [1.807, 2.05) is 81.4 Å². The minimum absolute atomic E-state index is 0.373. The van der Waals surface area contributed by atoms with Gasteiger partial charge in [-0.15, -0.1) is 0 Å². The highest BCUT2D eigenvalue weighted by molar-refractivity contribution is 5.98. The number of aliphatic imine (C=N–C) groups is 1. The summed E-state index contributed by atoms with van der Waals surface area (Å²) in [5, 5.41) is 0. The Bertz CT molecular complexity index is 732. The van der Waals surface area contributed by atoms with Crippen molar-refractivity contribution >= 4 is 11.9 Å². The highest BCUT2D eigenvalue weighted by atomic mass is 16.6. The van der Waals surface area contributed by atoms with Gasteiger partial charge in [0.15, 0.2) is 12.1 Å². The first-order valence-electron chi connectivity index (χ1n) is 8.02. The molecule has 0 amide bonds. The minimum atomic E-state index is -0.707. The predicted molar refractivity (Wildman–Crippen MR) is 92.9 cm³/mol. The molecule has 1 aliphatic heterocycles. The van der Waals surface area contributed by atoms with Crippen LogP contribution in [0.2, 0.25) is 0 Å². The van der Waals surface area contributed by atoms with Gasteiger partial charge in [-0.1, -0.05) is 48.5 Å². The van der Waals surface area contributed by atoms with E-state index in [1.54, 1.807) is 0 Å². The topological polar surface area (TPSA) is 47.9 Å². The number of carbonyl (C=O) groups excluding carboxylic acids is 1. The molecule has 0 saturated carbocycles. The molecule has 4 nitrogen and oxygen atoms in total. The van der Waals surface area contributed by atoms with E-state index < -0.39 is 17.7 Å². The molecular formula is C20H21NO3. The Hall–Kier alpha value is -2.62. The van der Waals surface area contributed by atoms with Crippen molar-refractivity contribution in [2.45, 2.75) is 38.5 Å². The summed E-state index contributed by atoms with van der Waals surface area (Å²) < 4.78 is 11.6. The van der Waals surface area contributed by atoms with E-state index in [9.17, 15) is 4.79 Å². The lowest BCUT2D eigenvalue weighted by Crippen LogP contribution is -2.33. The van der Waals surface area contributed by atoms with Crippen LogP contribution in [0, 0.1) is 0 Å². The number of ether oxygens (including phenoxy) is 2. The van der Waals surface area contributed by atoms with Gasteiger partial charge >= 0.3 is 5.97 Å². The zero-order valence-corrected chi connectivity index (χ0v) is 14.1. The van der Waals surface area contributed by atoms with Crippen molar-refractivity contribution in [2.75, 3.05) is 0 Å². The highest BCUT2D eigenvalue weighted by Crippen LogP contribution is 2.32. The van der Waals surface area contributed by atoms with Crippen molar-refractivity contribution in [2.24, 2.45) is 4.99 Å². The standard InChI is InChI=1S/C20H21NO3/c1-20(2,3)24-19(22)16-17(14-10-6-4-7-11-14)23-18(21-16)15-12-8-5-9-13-15/h4-13,16-17H,1-3H3/t16-,17-/m0/s1. The largest absolute Gasteiger partial charge is 0.466 e. The van der Waals surface area contributed by atoms with E-state index in [4.69, 9.17) is 9.47 Å². The molecule has 0 spiro atoms. The summed E-state index contributed by atoms with van der Waals surface area (Å²) in [5.74, 6) is 0.0996. The van der Waals surface area contributed by atoms with E-state index in [0.717, 1.165) is 11.1 Å². The van der Waals surface area contributed by atoms with Crippen LogP contribution < -0.4 is 0 Å². The predicted octanol–water partition coefficient (Wildman–Crippen LogP) is 3.92. The minimum Gasteiger partial charge on any atom is -0.466 e. The fourth-order valence-electron chi connectivity index (χ4n) is 2.56. The van der Waals surface area contributed by atoms with Crippen LogP contribution in [0.15, 0.2) is 65.7 Å². The third-order valence-corrected chi connectivity index (χ3v) is 3.58. The molecule has 0 unspecified atom stereocenters. The van der Waals surface area contributed by atoms with E-state index >= 15 is 0 Å². The first-order valence-corrected chi connectivity index (χ1v) is 8.02. The molecule has 2 atom stereocenters. The number of carbonyl (C=O) groups is 1. The monoisotopic (exact) mass is 323 g/mol. The molecule has 0 aliphatic carbocycles. The molecule has 2 aromatic rings. The van der Waals surface area contributed by atoms with E-state index in [1.165, 1.54) is 0 Å². The second kappa shape index (κ2) is 6.48. The third kappa shape index (κ3) is 3.65. The first-order chi connectivity index (χ1) is 11.4. The van der Waals surface area contributed by atoms with Crippen molar-refractivity contribution < 1.29 is 14.3 Å². The van der Waals surface area contributed by atoms with Crippen LogP contribution in [0.5, 0.6) is 0 Å². The van der Waals surface area contributed by atoms with Crippen LogP contribution in [-0.4, -0.2) is 23.5 Å². The lowest BCUT2D eigenvalue weighted by atomic mass is 10.0. The van der Waals surface area contributed by atoms with Crippen LogP contribution in [0.4, 0.5) is 0 Å². The second-order valence-electron chi connectivity index (χ2n) is 6.73. The summed E-state index contributed by atoms with van der Waals surface area (Å²) >= 11 is 0. The molecule has 24 heavy (non-hydrogen) atoms. The number of hydrogen-bond acceptors (Lipinski definition) is 4. The fraction of sp³-hybridized carbons (Fsp3) is 0.300. The van der Waals surface area contributed by atoms with Gasteiger partial charge < -0.3 is 9.47 Å². The molecule has 0 bridgehead atoms. The Labute approximate surface area is 142 Å². The molecular weight excluding hydrogens is 302 g/mol. The van der Waals surface area contributed by atoms with Crippen LogP contribution in [0.1, 0.15) is 38.0 Å². The number of hydrogen-bond donors (Lipinski definition) is 0. The molecule has 0 N–H and O–H groups in total. The molecule has 1 heterocycles. The van der Waals surface area contributed by atoms with Crippen LogP contribution >= 0.6 is 0 Å². The number of esters is 1. The van der Waals surface area contributed by atoms with Gasteiger partial charge in [-0.05, 0) is 38.5 Å². The van der Waals surface area contributed by atoms with Gasteiger partial charge in [0, 0.05) is 5.56 Å². The van der Waals surface area contributed by atoms with E-state index in [2.05, 4.69) is 4.99 Å². The summed E-state index contributed by atoms with van der Waals surface area (Å²) in [7, 11) is 0. The first kappa shape index (κ1) is 16.2. The molecule has 4 heteroatoms. The maximum atomic E-state index is 12.6. The van der Waals surface area contributed by atoms with Crippen molar-refractivity contribution in [3.63, 3.8) is 0 Å². The molecule has 3 rings (SSSR count). The highest BCUT2D eigenvalue weighted by Gasteiger charge is 2.40. The lowest BCUT2D eigenvalue weighted by molar-refractivity contribution is -0.158. The van der Waals surface area contributed by atoms with Crippen molar-refractivity contribution in [3.8, 4) is 0 Å². The molecule has 0 saturated heterocycles. The van der Waals surface area contributed by atoms with Crippen LogP contribution in [-0.2, 0) is 14.3 Å². The van der Waals surface area contributed by atoms with Gasteiger partial charge in [0.05, 0.1) is 0 Å². The maximum absolute atomic E-state index is 12.6.